The Balaban J connectivity index is 2.64. The standard InChI is InChI=1S/C15H16N2O3/c1-4-20-15(19)12-13(17-16-10(3)14(12)18)11-7-5-9(2)6-8-11/h5-8H,4H2,1-3H3,(H,17,18). The highest BCUT2D eigenvalue weighted by molar-refractivity contribution is 5.96. The summed E-state index contributed by atoms with van der Waals surface area (Å²) in [6.07, 6.45) is 0. The summed E-state index contributed by atoms with van der Waals surface area (Å²) in [6.45, 7) is 5.44. The van der Waals surface area contributed by atoms with Crippen molar-refractivity contribution in [1.82, 2.24) is 10.2 Å². The Morgan fingerprint density at radius 1 is 1.25 bits per heavy atom. The lowest BCUT2D eigenvalue weighted by Crippen LogP contribution is -2.23. The van der Waals surface area contributed by atoms with Crippen molar-refractivity contribution in [1.29, 1.82) is 0 Å². The molecule has 0 atom stereocenters. The topological polar surface area (TPSA) is 72.1 Å². The quantitative estimate of drug-likeness (QED) is 0.870. The summed E-state index contributed by atoms with van der Waals surface area (Å²) in [5, 5.41) is 6.71. The number of aromatic nitrogens is 2. The highest BCUT2D eigenvalue weighted by Crippen LogP contribution is 2.20. The highest BCUT2D eigenvalue weighted by atomic mass is 16.5. The van der Waals surface area contributed by atoms with Crippen molar-refractivity contribution in [3.8, 4) is 11.3 Å². The van der Waals surface area contributed by atoms with Crippen LogP contribution in [0.2, 0.25) is 0 Å². The Labute approximate surface area is 116 Å². The van der Waals surface area contributed by atoms with E-state index >= 15 is 0 Å². The molecule has 0 spiro atoms. The van der Waals surface area contributed by atoms with E-state index < -0.39 is 11.4 Å². The lowest BCUT2D eigenvalue weighted by atomic mass is 10.0. The van der Waals surface area contributed by atoms with Crippen LogP contribution >= 0.6 is 0 Å². The molecule has 0 aliphatic heterocycles. The first kappa shape index (κ1) is 14.0. The monoisotopic (exact) mass is 272 g/mol. The number of hydrogen-bond donors (Lipinski definition) is 1. The third-order valence-corrected chi connectivity index (χ3v) is 2.96. The van der Waals surface area contributed by atoms with Crippen LogP contribution in [0.3, 0.4) is 0 Å². The van der Waals surface area contributed by atoms with Gasteiger partial charge in [0.05, 0.1) is 12.3 Å². The van der Waals surface area contributed by atoms with Crippen molar-refractivity contribution < 1.29 is 9.53 Å². The molecule has 1 aromatic heterocycles. The molecule has 0 bridgehead atoms. The number of carbonyl (C=O) groups is 1. The van der Waals surface area contributed by atoms with Gasteiger partial charge in [0.15, 0.2) is 0 Å². The van der Waals surface area contributed by atoms with Gasteiger partial charge in [-0.2, -0.15) is 5.10 Å². The van der Waals surface area contributed by atoms with Gasteiger partial charge in [0.25, 0.3) is 0 Å². The fraction of sp³-hybridized carbons (Fsp3) is 0.267. The van der Waals surface area contributed by atoms with Gasteiger partial charge in [0.2, 0.25) is 5.43 Å². The largest absolute Gasteiger partial charge is 0.462 e. The molecule has 0 aliphatic carbocycles. The molecule has 2 aromatic rings. The summed E-state index contributed by atoms with van der Waals surface area (Å²) < 4.78 is 4.96. The number of nitrogens with one attached hydrogen (secondary N) is 1. The zero-order valence-corrected chi connectivity index (χ0v) is 11.7. The lowest BCUT2D eigenvalue weighted by molar-refractivity contribution is 0.0525. The molecule has 0 unspecified atom stereocenters. The molecule has 1 aromatic carbocycles. The summed E-state index contributed by atoms with van der Waals surface area (Å²) in [5.74, 6) is -0.630. The summed E-state index contributed by atoms with van der Waals surface area (Å²) in [4.78, 5) is 24.2. The van der Waals surface area contributed by atoms with Crippen LogP contribution in [-0.2, 0) is 4.74 Å². The first-order valence-electron chi connectivity index (χ1n) is 6.38. The molecule has 0 radical (unpaired) electrons. The van der Waals surface area contributed by atoms with E-state index in [1.807, 2.05) is 31.2 Å². The minimum absolute atomic E-state index is 0.00297. The van der Waals surface area contributed by atoms with Crippen molar-refractivity contribution in [2.24, 2.45) is 0 Å². The average molecular weight is 272 g/mol. The van der Waals surface area contributed by atoms with Crippen LogP contribution < -0.4 is 5.43 Å². The Hall–Kier alpha value is -2.43. The molecule has 0 fully saturated rings. The van der Waals surface area contributed by atoms with Crippen molar-refractivity contribution in [3.63, 3.8) is 0 Å². The van der Waals surface area contributed by atoms with E-state index in [2.05, 4.69) is 10.2 Å². The number of ether oxygens (including phenoxy) is 1. The number of esters is 1. The number of aromatic amines is 1. The summed E-state index contributed by atoms with van der Waals surface area (Å²) in [5.41, 5.74) is 2.04. The lowest BCUT2D eigenvalue weighted by Gasteiger charge is -2.09. The number of carbonyl (C=O) groups excluding carboxylic acids is 1. The van der Waals surface area contributed by atoms with Crippen molar-refractivity contribution in [3.05, 3.63) is 51.3 Å². The van der Waals surface area contributed by atoms with Crippen LogP contribution in [0.25, 0.3) is 11.3 Å². The maximum atomic E-state index is 12.2. The highest BCUT2D eigenvalue weighted by Gasteiger charge is 2.20. The molecule has 1 heterocycles. The second kappa shape index (κ2) is 5.69. The van der Waals surface area contributed by atoms with Gasteiger partial charge in [-0.25, -0.2) is 4.79 Å². The van der Waals surface area contributed by atoms with Gasteiger partial charge in [0, 0.05) is 5.56 Å². The molecular weight excluding hydrogens is 256 g/mol. The van der Waals surface area contributed by atoms with Crippen molar-refractivity contribution in [2.45, 2.75) is 20.8 Å². The van der Waals surface area contributed by atoms with Crippen LogP contribution in [0.4, 0.5) is 0 Å². The number of rotatable bonds is 3. The Kier molecular flexibility index (Phi) is 3.98. The predicted octanol–water partition coefficient (Wildman–Crippen LogP) is 2.23. The fourth-order valence-electron chi connectivity index (χ4n) is 1.87. The summed E-state index contributed by atoms with van der Waals surface area (Å²) in [7, 11) is 0. The van der Waals surface area contributed by atoms with Crippen LogP contribution in [0.5, 0.6) is 0 Å². The smallest absolute Gasteiger partial charge is 0.344 e. The molecule has 0 amide bonds. The first-order chi connectivity index (χ1) is 9.54. The zero-order chi connectivity index (χ0) is 14.7. The molecule has 5 nitrogen and oxygen atoms in total. The second-order valence-electron chi connectivity index (χ2n) is 4.47. The van der Waals surface area contributed by atoms with E-state index in [0.29, 0.717) is 5.69 Å². The number of hydrogen-bond acceptors (Lipinski definition) is 4. The van der Waals surface area contributed by atoms with Gasteiger partial charge in [-0.3, -0.25) is 9.89 Å². The van der Waals surface area contributed by atoms with Gasteiger partial charge in [-0.15, -0.1) is 0 Å². The molecule has 2 rings (SSSR count). The molecule has 0 saturated carbocycles. The van der Waals surface area contributed by atoms with Crippen LogP contribution in [0.15, 0.2) is 29.1 Å². The third-order valence-electron chi connectivity index (χ3n) is 2.96. The number of H-pyrrole nitrogens is 1. The van der Waals surface area contributed by atoms with E-state index in [4.69, 9.17) is 4.74 Å². The van der Waals surface area contributed by atoms with E-state index in [1.165, 1.54) is 0 Å². The van der Waals surface area contributed by atoms with E-state index in [9.17, 15) is 9.59 Å². The molecule has 0 saturated heterocycles. The van der Waals surface area contributed by atoms with E-state index in [1.54, 1.807) is 13.8 Å². The van der Waals surface area contributed by atoms with Gasteiger partial charge >= 0.3 is 5.97 Å². The minimum Gasteiger partial charge on any atom is -0.462 e. The average Bonchev–Trinajstić information content (AvgIpc) is 2.43. The Morgan fingerprint density at radius 3 is 2.50 bits per heavy atom. The SMILES string of the molecule is CCOC(=O)c1c(-c2ccc(C)cc2)[nH]nc(C)c1=O. The molecule has 1 N–H and O–H groups in total. The molecule has 104 valence electrons. The Morgan fingerprint density at radius 2 is 1.90 bits per heavy atom. The van der Waals surface area contributed by atoms with Gasteiger partial charge < -0.3 is 4.74 Å². The Bertz CT molecular complexity index is 687. The normalized spacial score (nSPS) is 10.3. The number of benzene rings is 1. The molecule has 20 heavy (non-hydrogen) atoms. The van der Waals surface area contributed by atoms with Gasteiger partial charge in [-0.1, -0.05) is 29.8 Å². The number of aryl methyl sites for hydroxylation is 2. The first-order valence-corrected chi connectivity index (χ1v) is 6.38. The molecule has 0 aliphatic rings. The van der Waals surface area contributed by atoms with Crippen molar-refractivity contribution in [2.75, 3.05) is 6.61 Å². The van der Waals surface area contributed by atoms with Crippen LogP contribution in [-0.4, -0.2) is 22.8 Å². The van der Waals surface area contributed by atoms with E-state index in [-0.39, 0.29) is 17.9 Å². The van der Waals surface area contributed by atoms with Gasteiger partial charge in [-0.05, 0) is 20.8 Å². The predicted molar refractivity (Wildman–Crippen MR) is 75.7 cm³/mol. The fourth-order valence-corrected chi connectivity index (χ4v) is 1.87. The van der Waals surface area contributed by atoms with Crippen LogP contribution in [0.1, 0.15) is 28.5 Å². The second-order valence-corrected chi connectivity index (χ2v) is 4.47. The molecular formula is C15H16N2O3. The van der Waals surface area contributed by atoms with Crippen molar-refractivity contribution >= 4 is 5.97 Å². The third kappa shape index (κ3) is 2.61. The maximum Gasteiger partial charge on any atom is 0.344 e. The summed E-state index contributed by atoms with van der Waals surface area (Å²) >= 11 is 0. The van der Waals surface area contributed by atoms with Crippen LogP contribution in [0, 0.1) is 13.8 Å². The minimum atomic E-state index is -0.630. The molecule has 5 heteroatoms. The number of nitrogens with zero attached hydrogens (tertiary/aromatic N) is 1. The van der Waals surface area contributed by atoms with E-state index in [0.717, 1.165) is 11.1 Å². The van der Waals surface area contributed by atoms with Gasteiger partial charge in [0.1, 0.15) is 11.3 Å². The zero-order valence-electron chi connectivity index (χ0n) is 11.7. The summed E-state index contributed by atoms with van der Waals surface area (Å²) in [6, 6.07) is 7.48. The maximum absolute atomic E-state index is 12.2.